The molecule has 142 valence electrons. The van der Waals surface area contributed by atoms with Crippen LogP contribution in [0, 0.1) is 0 Å². The number of carbonyl (C=O) groups excluding carboxylic acids is 1. The van der Waals surface area contributed by atoms with Gasteiger partial charge in [-0.2, -0.15) is 0 Å². The van der Waals surface area contributed by atoms with E-state index in [0.717, 1.165) is 26.1 Å². The number of hydrogen-bond acceptors (Lipinski definition) is 7. The molecule has 0 spiro atoms. The van der Waals surface area contributed by atoms with Gasteiger partial charge in [0.25, 0.3) is 0 Å². The third kappa shape index (κ3) is 11.7. The Kier molecular flexibility index (Phi) is 15.2. The van der Waals surface area contributed by atoms with Crippen LogP contribution in [0.15, 0.2) is 12.7 Å². The Hall–Kier alpha value is -0.813. The topological polar surface area (TPSA) is 92.9 Å². The van der Waals surface area contributed by atoms with Gasteiger partial charge in [-0.3, -0.25) is 4.79 Å². The molecule has 0 bridgehead atoms. The molecule has 0 fully saturated rings. The normalized spacial score (nSPS) is 11.5. The van der Waals surface area contributed by atoms with E-state index in [1.54, 1.807) is 0 Å². The highest BCUT2D eigenvalue weighted by atomic mass is 28.4. The lowest BCUT2D eigenvalue weighted by molar-refractivity contribution is -0.116. The van der Waals surface area contributed by atoms with Crippen LogP contribution in [-0.4, -0.2) is 81.9 Å². The summed E-state index contributed by atoms with van der Waals surface area (Å²) in [4.78, 5) is 11.2. The molecular weight excluding hydrogens is 328 g/mol. The Balaban J connectivity index is 4.64. The number of hydrogen-bond donors (Lipinski definition) is 4. The van der Waals surface area contributed by atoms with Gasteiger partial charge < -0.3 is 34.5 Å². The average Bonchev–Trinajstić information content (AvgIpc) is 2.59. The van der Waals surface area contributed by atoms with Crippen LogP contribution in [0.3, 0.4) is 0 Å². The molecule has 0 aromatic carbocycles. The van der Waals surface area contributed by atoms with Gasteiger partial charge in [-0.1, -0.05) is 6.58 Å². The lowest BCUT2D eigenvalue weighted by Gasteiger charge is -2.30. The standard InChI is InChI=1S/C15H34N4O4Si/c1-5-15(20)19-7-6-14-24(21-11-8-16-2,22-12-9-17-3)23-13-10-18-4/h5,16-18H,1,6-14H2,2-4H3,(H,19,20). The van der Waals surface area contributed by atoms with Crippen LogP contribution in [0.5, 0.6) is 0 Å². The molecule has 0 aromatic rings. The summed E-state index contributed by atoms with van der Waals surface area (Å²) in [5.41, 5.74) is 0. The van der Waals surface area contributed by atoms with Gasteiger partial charge in [0.05, 0.1) is 19.8 Å². The van der Waals surface area contributed by atoms with Crippen molar-refractivity contribution in [1.29, 1.82) is 0 Å². The maximum absolute atomic E-state index is 11.2. The smallest absolute Gasteiger partial charge is 0.372 e. The van der Waals surface area contributed by atoms with Gasteiger partial charge >= 0.3 is 8.80 Å². The maximum Gasteiger partial charge on any atom is 0.501 e. The first-order valence-corrected chi connectivity index (χ1v) is 10.3. The van der Waals surface area contributed by atoms with Gasteiger partial charge in [-0.15, -0.1) is 0 Å². The highest BCUT2D eigenvalue weighted by Gasteiger charge is 2.40. The van der Waals surface area contributed by atoms with E-state index in [1.165, 1.54) is 6.08 Å². The second-order valence-electron chi connectivity index (χ2n) is 5.14. The van der Waals surface area contributed by atoms with Crippen molar-refractivity contribution in [1.82, 2.24) is 21.3 Å². The van der Waals surface area contributed by atoms with Crippen LogP contribution in [0.1, 0.15) is 6.42 Å². The predicted molar refractivity (Wildman–Crippen MR) is 98.0 cm³/mol. The van der Waals surface area contributed by atoms with E-state index in [9.17, 15) is 4.79 Å². The Labute approximate surface area is 147 Å². The minimum atomic E-state index is -2.79. The van der Waals surface area contributed by atoms with Crippen LogP contribution in [0.2, 0.25) is 6.04 Å². The molecule has 0 saturated heterocycles. The van der Waals surface area contributed by atoms with Gasteiger partial charge in [-0.05, 0) is 33.6 Å². The quantitative estimate of drug-likeness (QED) is 0.155. The molecule has 0 aliphatic carbocycles. The molecule has 0 saturated carbocycles. The van der Waals surface area contributed by atoms with Gasteiger partial charge in [0.15, 0.2) is 0 Å². The molecule has 0 unspecified atom stereocenters. The zero-order valence-electron chi connectivity index (χ0n) is 15.3. The Morgan fingerprint density at radius 3 is 1.75 bits per heavy atom. The van der Waals surface area contributed by atoms with E-state index < -0.39 is 8.80 Å². The van der Waals surface area contributed by atoms with Crippen LogP contribution in [0.4, 0.5) is 0 Å². The van der Waals surface area contributed by atoms with Gasteiger partial charge in [0.1, 0.15) is 0 Å². The van der Waals surface area contributed by atoms with Crippen LogP contribution in [0.25, 0.3) is 0 Å². The number of rotatable bonds is 17. The lowest BCUT2D eigenvalue weighted by Crippen LogP contribution is -2.49. The second-order valence-corrected chi connectivity index (χ2v) is 7.87. The highest BCUT2D eigenvalue weighted by Crippen LogP contribution is 2.17. The largest absolute Gasteiger partial charge is 0.501 e. The van der Waals surface area contributed by atoms with Crippen LogP contribution >= 0.6 is 0 Å². The summed E-state index contributed by atoms with van der Waals surface area (Å²) in [6.07, 6.45) is 1.99. The average molecular weight is 363 g/mol. The molecule has 8 nitrogen and oxygen atoms in total. The van der Waals surface area contributed by atoms with Gasteiger partial charge in [-0.25, -0.2) is 0 Å². The van der Waals surface area contributed by atoms with Crippen molar-refractivity contribution in [3.05, 3.63) is 12.7 Å². The van der Waals surface area contributed by atoms with E-state index in [-0.39, 0.29) is 5.91 Å². The van der Waals surface area contributed by atoms with E-state index in [2.05, 4.69) is 27.8 Å². The zero-order chi connectivity index (χ0) is 18.1. The summed E-state index contributed by atoms with van der Waals surface area (Å²) >= 11 is 0. The Bertz CT molecular complexity index is 308. The molecule has 9 heteroatoms. The second kappa shape index (κ2) is 15.7. The molecule has 0 radical (unpaired) electrons. The predicted octanol–water partition coefficient (Wildman–Crippen LogP) is -0.674. The summed E-state index contributed by atoms with van der Waals surface area (Å²) in [6.45, 7) is 7.75. The Morgan fingerprint density at radius 2 is 1.38 bits per heavy atom. The number of likely N-dealkylation sites (N-methyl/N-ethyl adjacent to an activating group) is 3. The summed E-state index contributed by atoms with van der Waals surface area (Å²) in [7, 11) is 2.84. The lowest BCUT2D eigenvalue weighted by atomic mass is 10.4. The van der Waals surface area contributed by atoms with E-state index in [0.29, 0.717) is 32.4 Å². The van der Waals surface area contributed by atoms with Crippen molar-refractivity contribution >= 4 is 14.7 Å². The van der Waals surface area contributed by atoms with Crippen molar-refractivity contribution in [3.63, 3.8) is 0 Å². The first kappa shape index (κ1) is 23.2. The molecule has 0 aliphatic rings. The molecule has 0 rings (SSSR count). The highest BCUT2D eigenvalue weighted by molar-refractivity contribution is 6.60. The van der Waals surface area contributed by atoms with Crippen molar-refractivity contribution in [3.8, 4) is 0 Å². The SMILES string of the molecule is C=CC(=O)NCCC[Si](OCCNC)(OCCNC)OCCNC. The summed E-state index contributed by atoms with van der Waals surface area (Å²) in [5.74, 6) is -0.175. The number of carbonyl (C=O) groups is 1. The van der Waals surface area contributed by atoms with Crippen molar-refractivity contribution < 1.29 is 18.1 Å². The zero-order valence-corrected chi connectivity index (χ0v) is 16.3. The molecule has 0 aromatic heterocycles. The molecule has 24 heavy (non-hydrogen) atoms. The number of nitrogens with one attached hydrogen (secondary N) is 4. The van der Waals surface area contributed by atoms with Gasteiger partial charge in [0, 0.05) is 32.2 Å². The maximum atomic E-state index is 11.2. The molecule has 1 amide bonds. The van der Waals surface area contributed by atoms with E-state index in [4.69, 9.17) is 13.3 Å². The summed E-state index contributed by atoms with van der Waals surface area (Å²) in [5, 5.41) is 11.9. The summed E-state index contributed by atoms with van der Waals surface area (Å²) < 4.78 is 18.1. The van der Waals surface area contributed by atoms with Crippen molar-refractivity contribution in [2.24, 2.45) is 0 Å². The molecular formula is C15H34N4O4Si. The van der Waals surface area contributed by atoms with E-state index in [1.807, 2.05) is 21.1 Å². The fourth-order valence-electron chi connectivity index (χ4n) is 1.86. The fraction of sp³-hybridized carbons (Fsp3) is 0.800. The van der Waals surface area contributed by atoms with Crippen LogP contribution in [-0.2, 0) is 18.1 Å². The van der Waals surface area contributed by atoms with Crippen molar-refractivity contribution in [2.75, 3.05) is 67.1 Å². The van der Waals surface area contributed by atoms with Crippen molar-refractivity contribution in [2.45, 2.75) is 12.5 Å². The Morgan fingerprint density at radius 1 is 0.917 bits per heavy atom. The molecule has 4 N–H and O–H groups in total. The molecule has 0 aliphatic heterocycles. The molecule has 0 heterocycles. The monoisotopic (exact) mass is 362 g/mol. The minimum absolute atomic E-state index is 0.175. The van der Waals surface area contributed by atoms with Gasteiger partial charge in [0.2, 0.25) is 5.91 Å². The summed E-state index contributed by atoms with van der Waals surface area (Å²) in [6, 6.07) is 0.654. The number of amides is 1. The van der Waals surface area contributed by atoms with Crippen LogP contribution < -0.4 is 21.3 Å². The molecule has 0 atom stereocenters. The fourth-order valence-corrected chi connectivity index (χ4v) is 4.39. The first-order valence-electron chi connectivity index (χ1n) is 8.40. The third-order valence-corrected chi connectivity index (χ3v) is 6.06. The first-order chi connectivity index (χ1) is 11.6. The minimum Gasteiger partial charge on any atom is -0.372 e. The van der Waals surface area contributed by atoms with E-state index >= 15 is 0 Å². The third-order valence-electron chi connectivity index (χ3n) is 3.17.